The van der Waals surface area contributed by atoms with Crippen LogP contribution < -0.4 is 4.74 Å². The van der Waals surface area contributed by atoms with Crippen molar-refractivity contribution >= 4 is 10.0 Å². The molecular weight excluding hydrogens is 400 g/mol. The number of aromatic nitrogens is 3. The smallest absolute Gasteiger partial charge is 0.246 e. The van der Waals surface area contributed by atoms with Gasteiger partial charge in [-0.25, -0.2) is 8.42 Å². The molecule has 2 aromatic heterocycles. The van der Waals surface area contributed by atoms with Gasteiger partial charge in [0, 0.05) is 43.5 Å². The quantitative estimate of drug-likeness (QED) is 0.625. The second-order valence-electron chi connectivity index (χ2n) is 7.60. The van der Waals surface area contributed by atoms with Crippen molar-refractivity contribution in [1.29, 1.82) is 0 Å². The predicted octanol–water partition coefficient (Wildman–Crippen LogP) is 3.37. The molecule has 30 heavy (non-hydrogen) atoms. The average molecular weight is 427 g/mol. The summed E-state index contributed by atoms with van der Waals surface area (Å²) in [5.74, 6) is 0.808. The average Bonchev–Trinajstić information content (AvgIpc) is 3.12. The highest BCUT2D eigenvalue weighted by Gasteiger charge is 2.33. The minimum Gasteiger partial charge on any atom is -0.496 e. The number of para-hydroxylation sites is 1. The van der Waals surface area contributed by atoms with Gasteiger partial charge in [-0.05, 0) is 44.0 Å². The molecule has 3 aromatic rings. The molecule has 1 aliphatic rings. The first-order valence-electron chi connectivity index (χ1n) is 10.0. The summed E-state index contributed by atoms with van der Waals surface area (Å²) in [5, 5.41) is 4.20. The second kappa shape index (κ2) is 8.20. The van der Waals surface area contributed by atoms with Crippen LogP contribution in [0.25, 0.3) is 11.3 Å². The summed E-state index contributed by atoms with van der Waals surface area (Å²) in [4.78, 5) is 5.15. The van der Waals surface area contributed by atoms with E-state index in [4.69, 9.17) is 9.72 Å². The van der Waals surface area contributed by atoms with Gasteiger partial charge >= 0.3 is 0 Å². The molecule has 158 valence electrons. The molecule has 1 aromatic carbocycles. The number of hydrogen-bond donors (Lipinski definition) is 0. The molecule has 4 rings (SSSR count). The molecule has 0 bridgehead atoms. The molecule has 8 heteroatoms. The summed E-state index contributed by atoms with van der Waals surface area (Å²) in [6.45, 7) is 2.66. The standard InChI is InChI=1S/C22H26N4O3S/c1-16-22(15-25(2)24-16)30(27,28)26-13-7-8-17(14-26)19-10-6-11-20(23-19)18-9-4-5-12-21(18)29-3/h4-6,9-12,15,17H,7-8,13-14H2,1-3H3/t17-/m0/s1. The molecule has 0 spiro atoms. The summed E-state index contributed by atoms with van der Waals surface area (Å²) in [5.41, 5.74) is 3.18. The van der Waals surface area contributed by atoms with Gasteiger partial charge in [0.25, 0.3) is 0 Å². The van der Waals surface area contributed by atoms with Crippen LogP contribution in [-0.4, -0.2) is 47.7 Å². The van der Waals surface area contributed by atoms with Crippen molar-refractivity contribution in [3.05, 3.63) is 60.0 Å². The number of sulfonamides is 1. The molecule has 0 unspecified atom stereocenters. The van der Waals surface area contributed by atoms with Gasteiger partial charge in [0.05, 0.1) is 18.5 Å². The van der Waals surface area contributed by atoms with Crippen LogP contribution in [0.5, 0.6) is 5.75 Å². The van der Waals surface area contributed by atoms with Crippen LogP contribution >= 0.6 is 0 Å². The van der Waals surface area contributed by atoms with Gasteiger partial charge in [-0.2, -0.15) is 9.40 Å². The van der Waals surface area contributed by atoms with E-state index in [1.54, 1.807) is 36.3 Å². The third-order valence-electron chi connectivity index (χ3n) is 5.54. The first kappa shape index (κ1) is 20.6. The van der Waals surface area contributed by atoms with Crippen molar-refractivity contribution in [2.75, 3.05) is 20.2 Å². The summed E-state index contributed by atoms with van der Waals surface area (Å²) < 4.78 is 35.0. The summed E-state index contributed by atoms with van der Waals surface area (Å²) in [7, 11) is -0.203. The fourth-order valence-corrected chi connectivity index (χ4v) is 5.78. The monoisotopic (exact) mass is 426 g/mol. The Kier molecular flexibility index (Phi) is 5.62. The van der Waals surface area contributed by atoms with E-state index in [1.807, 2.05) is 42.5 Å². The lowest BCUT2D eigenvalue weighted by Crippen LogP contribution is -2.39. The fourth-order valence-electron chi connectivity index (χ4n) is 4.06. The maximum absolute atomic E-state index is 13.2. The number of pyridine rings is 1. The lowest BCUT2D eigenvalue weighted by Gasteiger charge is -2.31. The molecule has 0 radical (unpaired) electrons. The molecule has 3 heterocycles. The highest BCUT2D eigenvalue weighted by atomic mass is 32.2. The molecule has 1 atom stereocenters. The van der Waals surface area contributed by atoms with Crippen LogP contribution in [0.1, 0.15) is 30.1 Å². The van der Waals surface area contributed by atoms with E-state index >= 15 is 0 Å². The van der Waals surface area contributed by atoms with E-state index in [1.165, 1.54) is 0 Å². The summed E-state index contributed by atoms with van der Waals surface area (Å²) in [6.07, 6.45) is 3.28. The maximum atomic E-state index is 13.2. The highest BCUT2D eigenvalue weighted by Crippen LogP contribution is 2.33. The Morgan fingerprint density at radius 2 is 1.93 bits per heavy atom. The maximum Gasteiger partial charge on any atom is 0.246 e. The first-order chi connectivity index (χ1) is 14.4. The molecule has 0 saturated carbocycles. The van der Waals surface area contributed by atoms with Gasteiger partial charge in [0.15, 0.2) is 0 Å². The first-order valence-corrected chi connectivity index (χ1v) is 11.4. The van der Waals surface area contributed by atoms with E-state index in [0.29, 0.717) is 18.8 Å². The van der Waals surface area contributed by atoms with E-state index in [0.717, 1.165) is 35.5 Å². The number of aryl methyl sites for hydroxylation is 2. The number of methoxy groups -OCH3 is 1. The van der Waals surface area contributed by atoms with E-state index < -0.39 is 10.0 Å². The van der Waals surface area contributed by atoms with E-state index in [9.17, 15) is 8.42 Å². The van der Waals surface area contributed by atoms with Crippen LogP contribution in [0.3, 0.4) is 0 Å². The number of nitrogens with zero attached hydrogens (tertiary/aromatic N) is 4. The molecule has 0 amide bonds. The van der Waals surface area contributed by atoms with Gasteiger partial charge in [-0.3, -0.25) is 9.67 Å². The summed E-state index contributed by atoms with van der Waals surface area (Å²) >= 11 is 0. The topological polar surface area (TPSA) is 77.3 Å². The lowest BCUT2D eigenvalue weighted by molar-refractivity contribution is 0.312. The minimum absolute atomic E-state index is 0.0418. The van der Waals surface area contributed by atoms with Gasteiger partial charge in [-0.15, -0.1) is 0 Å². The molecular formula is C22H26N4O3S. The van der Waals surface area contributed by atoms with Crippen LogP contribution in [0.15, 0.2) is 53.6 Å². The third-order valence-corrected chi connectivity index (χ3v) is 7.51. The molecule has 1 fully saturated rings. The predicted molar refractivity (Wildman–Crippen MR) is 115 cm³/mol. The van der Waals surface area contributed by atoms with E-state index in [2.05, 4.69) is 5.10 Å². The third kappa shape index (κ3) is 3.85. The molecule has 1 saturated heterocycles. The fraction of sp³-hybridized carbons (Fsp3) is 0.364. The number of hydrogen-bond acceptors (Lipinski definition) is 5. The van der Waals surface area contributed by atoms with Crippen LogP contribution in [0, 0.1) is 6.92 Å². The lowest BCUT2D eigenvalue weighted by atomic mass is 9.95. The van der Waals surface area contributed by atoms with Crippen molar-refractivity contribution in [3.8, 4) is 17.0 Å². The zero-order chi connectivity index (χ0) is 21.3. The molecule has 1 aliphatic heterocycles. The van der Waals surface area contributed by atoms with Crippen molar-refractivity contribution in [2.45, 2.75) is 30.6 Å². The highest BCUT2D eigenvalue weighted by molar-refractivity contribution is 7.89. The summed E-state index contributed by atoms with van der Waals surface area (Å²) in [6, 6.07) is 13.7. The Morgan fingerprint density at radius 3 is 2.67 bits per heavy atom. The number of ether oxygens (including phenoxy) is 1. The Morgan fingerprint density at radius 1 is 1.13 bits per heavy atom. The number of rotatable bonds is 5. The second-order valence-corrected chi connectivity index (χ2v) is 9.51. The minimum atomic E-state index is -3.58. The van der Waals surface area contributed by atoms with Gasteiger partial charge < -0.3 is 4.74 Å². The number of piperidine rings is 1. The van der Waals surface area contributed by atoms with E-state index in [-0.39, 0.29) is 10.8 Å². The molecule has 7 nitrogen and oxygen atoms in total. The zero-order valence-electron chi connectivity index (χ0n) is 17.4. The van der Waals surface area contributed by atoms with Gasteiger partial charge in [0.2, 0.25) is 10.0 Å². The van der Waals surface area contributed by atoms with Crippen molar-refractivity contribution < 1.29 is 13.2 Å². The largest absolute Gasteiger partial charge is 0.496 e. The Balaban J connectivity index is 1.62. The van der Waals surface area contributed by atoms with Crippen LogP contribution in [0.2, 0.25) is 0 Å². The SMILES string of the molecule is COc1ccccc1-c1cccc([C@H]2CCCN(S(=O)(=O)c3cn(C)nc3C)C2)n1. The Bertz CT molecular complexity index is 1160. The normalized spacial score (nSPS) is 17.8. The zero-order valence-corrected chi connectivity index (χ0v) is 18.3. The van der Waals surface area contributed by atoms with Crippen LogP contribution in [0.4, 0.5) is 0 Å². The molecule has 0 N–H and O–H groups in total. The van der Waals surface area contributed by atoms with Gasteiger partial charge in [0.1, 0.15) is 10.6 Å². The van der Waals surface area contributed by atoms with Gasteiger partial charge in [-0.1, -0.05) is 18.2 Å². The Labute approximate surface area is 177 Å². The van der Waals surface area contributed by atoms with Crippen LogP contribution in [-0.2, 0) is 17.1 Å². The van der Waals surface area contributed by atoms with Crippen molar-refractivity contribution in [3.63, 3.8) is 0 Å². The number of benzene rings is 1. The Hall–Kier alpha value is -2.71. The molecule has 0 aliphatic carbocycles. The van der Waals surface area contributed by atoms with Crippen molar-refractivity contribution in [1.82, 2.24) is 19.1 Å². The van der Waals surface area contributed by atoms with Crippen molar-refractivity contribution in [2.24, 2.45) is 7.05 Å².